The summed E-state index contributed by atoms with van der Waals surface area (Å²) in [5, 5.41) is 20.3. The number of ketones is 1. The zero-order chi connectivity index (χ0) is 19.7. The Morgan fingerprint density at radius 1 is 1.07 bits per heavy atom. The van der Waals surface area contributed by atoms with E-state index in [4.69, 9.17) is 0 Å². The number of nitro groups is 1. The molecule has 0 fully saturated rings. The van der Waals surface area contributed by atoms with Crippen LogP contribution >= 0.6 is 0 Å². The molecule has 0 unspecified atom stereocenters. The van der Waals surface area contributed by atoms with Crippen LogP contribution in [0.15, 0.2) is 72.9 Å². The van der Waals surface area contributed by atoms with E-state index >= 15 is 0 Å². The highest BCUT2D eigenvalue weighted by atomic mass is 16.6. The van der Waals surface area contributed by atoms with E-state index in [-0.39, 0.29) is 11.5 Å². The summed E-state index contributed by atoms with van der Waals surface area (Å²) in [5.74, 6) is -0.338. The predicted molar refractivity (Wildman–Crippen MR) is 102 cm³/mol. The van der Waals surface area contributed by atoms with E-state index in [0.29, 0.717) is 33.7 Å². The molecule has 0 radical (unpaired) electrons. The molecule has 7 nitrogen and oxygen atoms in total. The molecule has 0 aliphatic rings. The average Bonchev–Trinajstić information content (AvgIpc) is 3.13. The van der Waals surface area contributed by atoms with Crippen LogP contribution in [0.25, 0.3) is 16.9 Å². The Balaban J connectivity index is 1.93. The quantitative estimate of drug-likeness (QED) is 0.308. The largest absolute Gasteiger partial charge is 0.303 e. The molecule has 0 atom stereocenters. The van der Waals surface area contributed by atoms with E-state index in [0.717, 1.165) is 0 Å². The van der Waals surface area contributed by atoms with Crippen molar-refractivity contribution in [2.24, 2.45) is 0 Å². The van der Waals surface area contributed by atoms with Gasteiger partial charge in [0.05, 0.1) is 33.1 Å². The number of pyridine rings is 2. The van der Waals surface area contributed by atoms with Crippen molar-refractivity contribution in [3.05, 3.63) is 99.9 Å². The van der Waals surface area contributed by atoms with E-state index in [2.05, 4.69) is 11.1 Å². The van der Waals surface area contributed by atoms with Gasteiger partial charge in [-0.1, -0.05) is 12.1 Å². The average molecular weight is 368 g/mol. The van der Waals surface area contributed by atoms with Crippen molar-refractivity contribution < 1.29 is 9.72 Å². The van der Waals surface area contributed by atoms with Gasteiger partial charge in [-0.15, -0.1) is 0 Å². The molecule has 0 aliphatic carbocycles. The third-order valence-electron chi connectivity index (χ3n) is 4.41. The number of non-ortho nitro benzene ring substituents is 1. The lowest BCUT2D eigenvalue weighted by Gasteiger charge is -2.09. The van der Waals surface area contributed by atoms with E-state index in [9.17, 15) is 20.2 Å². The van der Waals surface area contributed by atoms with Gasteiger partial charge in [-0.25, -0.2) is 0 Å². The molecule has 1 aromatic carbocycles. The second kappa shape index (κ2) is 6.78. The molecule has 0 bridgehead atoms. The lowest BCUT2D eigenvalue weighted by Crippen LogP contribution is -2.07. The van der Waals surface area contributed by atoms with Crippen LogP contribution in [0.1, 0.15) is 21.6 Å². The van der Waals surface area contributed by atoms with Gasteiger partial charge in [0.2, 0.25) is 5.78 Å². The second-order valence-electron chi connectivity index (χ2n) is 6.03. The summed E-state index contributed by atoms with van der Waals surface area (Å²) in [6, 6.07) is 19.9. The highest BCUT2D eigenvalue weighted by Gasteiger charge is 2.20. The molecule has 0 aliphatic heterocycles. The summed E-state index contributed by atoms with van der Waals surface area (Å²) in [6.07, 6.45) is 1.65. The normalized spacial score (nSPS) is 10.5. The lowest BCUT2D eigenvalue weighted by atomic mass is 10.1. The fourth-order valence-corrected chi connectivity index (χ4v) is 3.11. The van der Waals surface area contributed by atoms with Crippen LogP contribution in [0.5, 0.6) is 0 Å². The molecule has 0 saturated heterocycles. The molecular weight excluding hydrogens is 356 g/mol. The molecule has 4 aromatic rings. The van der Waals surface area contributed by atoms with Gasteiger partial charge in [-0.2, -0.15) is 5.26 Å². The summed E-state index contributed by atoms with van der Waals surface area (Å²) < 4.78 is 1.70. The fraction of sp³-hybridized carbons (Fsp3) is 0. The summed E-state index contributed by atoms with van der Waals surface area (Å²) >= 11 is 0. The number of carbonyl (C=O) groups excluding carboxylic acids is 1. The Hall–Kier alpha value is -4.31. The van der Waals surface area contributed by atoms with Crippen LogP contribution in [0, 0.1) is 21.4 Å². The van der Waals surface area contributed by atoms with Crippen molar-refractivity contribution in [2.45, 2.75) is 0 Å². The summed E-state index contributed by atoms with van der Waals surface area (Å²) in [7, 11) is 0. The van der Waals surface area contributed by atoms with Gasteiger partial charge >= 0.3 is 0 Å². The number of hydrogen-bond acceptors (Lipinski definition) is 5. The zero-order valence-electron chi connectivity index (χ0n) is 14.4. The van der Waals surface area contributed by atoms with Crippen molar-refractivity contribution in [1.29, 1.82) is 5.26 Å². The minimum Gasteiger partial charge on any atom is -0.303 e. The topological polar surface area (TPSA) is 101 Å². The maximum atomic E-state index is 13.1. The number of carbonyl (C=O) groups is 1. The fourth-order valence-electron chi connectivity index (χ4n) is 3.11. The first-order chi connectivity index (χ1) is 13.6. The Kier molecular flexibility index (Phi) is 4.14. The van der Waals surface area contributed by atoms with Gasteiger partial charge in [0.25, 0.3) is 5.69 Å². The van der Waals surface area contributed by atoms with Crippen LogP contribution in [-0.4, -0.2) is 20.1 Å². The van der Waals surface area contributed by atoms with E-state index < -0.39 is 4.92 Å². The van der Waals surface area contributed by atoms with Crippen molar-refractivity contribution >= 4 is 17.0 Å². The third kappa shape index (κ3) is 2.79. The van der Waals surface area contributed by atoms with Crippen LogP contribution in [0.3, 0.4) is 0 Å². The highest BCUT2D eigenvalue weighted by Crippen LogP contribution is 2.26. The third-order valence-corrected chi connectivity index (χ3v) is 4.41. The Morgan fingerprint density at radius 2 is 1.86 bits per heavy atom. The van der Waals surface area contributed by atoms with Gasteiger partial charge in [0.15, 0.2) is 0 Å². The number of nitriles is 1. The molecule has 0 saturated carbocycles. The SMILES string of the molecule is N#Cc1cc(C(=O)c2ccc([N+](=O)[O-])cc2)n2c(-c3ccccn3)cccc12. The van der Waals surface area contributed by atoms with Crippen molar-refractivity contribution in [2.75, 3.05) is 0 Å². The maximum absolute atomic E-state index is 13.1. The van der Waals surface area contributed by atoms with Crippen molar-refractivity contribution in [1.82, 2.24) is 9.38 Å². The van der Waals surface area contributed by atoms with Gasteiger partial charge in [0, 0.05) is 23.9 Å². The van der Waals surface area contributed by atoms with Crippen molar-refractivity contribution in [3.63, 3.8) is 0 Å². The highest BCUT2D eigenvalue weighted by molar-refractivity contribution is 6.09. The summed E-state index contributed by atoms with van der Waals surface area (Å²) in [6.45, 7) is 0. The molecule has 134 valence electrons. The Morgan fingerprint density at radius 3 is 2.50 bits per heavy atom. The molecule has 0 spiro atoms. The van der Waals surface area contributed by atoms with Crippen LogP contribution < -0.4 is 0 Å². The number of aromatic nitrogens is 2. The standard InChI is InChI=1S/C21H12N4O3/c22-13-15-12-20(21(26)14-7-9-16(10-8-14)25(27)28)24-18(15)5-3-6-19(24)17-4-1-2-11-23-17/h1-12H. The lowest BCUT2D eigenvalue weighted by molar-refractivity contribution is -0.384. The first kappa shape index (κ1) is 17.1. The van der Waals surface area contributed by atoms with E-state index in [1.165, 1.54) is 30.3 Å². The van der Waals surface area contributed by atoms with Gasteiger partial charge in [-0.05, 0) is 42.5 Å². The molecule has 0 N–H and O–H groups in total. The summed E-state index contributed by atoms with van der Waals surface area (Å²) in [4.78, 5) is 27.8. The number of rotatable bonds is 4. The smallest absolute Gasteiger partial charge is 0.269 e. The van der Waals surface area contributed by atoms with Gasteiger partial charge in [0.1, 0.15) is 6.07 Å². The first-order valence-electron chi connectivity index (χ1n) is 8.35. The number of benzene rings is 1. The Bertz CT molecular complexity index is 1250. The zero-order valence-corrected chi connectivity index (χ0v) is 14.4. The number of fused-ring (bicyclic) bond motifs is 1. The first-order valence-corrected chi connectivity index (χ1v) is 8.35. The van der Waals surface area contributed by atoms with Crippen LogP contribution in [0.2, 0.25) is 0 Å². The molecule has 3 heterocycles. The molecular formula is C21H12N4O3. The second-order valence-corrected chi connectivity index (χ2v) is 6.03. The van der Waals surface area contributed by atoms with Crippen LogP contribution in [-0.2, 0) is 0 Å². The molecule has 4 rings (SSSR count). The number of nitrogens with zero attached hydrogens (tertiary/aromatic N) is 4. The van der Waals surface area contributed by atoms with Crippen molar-refractivity contribution in [3.8, 4) is 17.5 Å². The van der Waals surface area contributed by atoms with Crippen LogP contribution in [0.4, 0.5) is 5.69 Å². The maximum Gasteiger partial charge on any atom is 0.269 e. The molecule has 0 amide bonds. The monoisotopic (exact) mass is 368 g/mol. The number of hydrogen-bond donors (Lipinski definition) is 0. The van der Waals surface area contributed by atoms with Gasteiger partial charge < -0.3 is 4.40 Å². The molecule has 28 heavy (non-hydrogen) atoms. The predicted octanol–water partition coefficient (Wildman–Crippen LogP) is 4.01. The molecule has 3 aromatic heterocycles. The Labute approximate surface area is 159 Å². The minimum absolute atomic E-state index is 0.0940. The van der Waals surface area contributed by atoms with E-state index in [1.807, 2.05) is 18.2 Å². The van der Waals surface area contributed by atoms with Gasteiger partial charge in [-0.3, -0.25) is 19.9 Å². The van der Waals surface area contributed by atoms with E-state index in [1.54, 1.807) is 28.8 Å². The molecule has 7 heteroatoms. The number of nitro benzene ring substituents is 1. The minimum atomic E-state index is -0.520. The summed E-state index contributed by atoms with van der Waals surface area (Å²) in [5.41, 5.74) is 2.78.